The summed E-state index contributed by atoms with van der Waals surface area (Å²) in [6, 6.07) is 72.8. The van der Waals surface area contributed by atoms with Crippen LogP contribution in [0.25, 0.3) is 72.0 Å². The Hall–Kier alpha value is -7.16. The van der Waals surface area contributed by atoms with Crippen LogP contribution >= 0.6 is 0 Å². The Morgan fingerprint density at radius 2 is 1.02 bits per heavy atom. The van der Waals surface area contributed by atoms with E-state index >= 15 is 0 Å². The molecule has 2 nitrogen and oxygen atoms in total. The Morgan fingerprint density at radius 1 is 0.429 bits per heavy atom. The molecule has 0 unspecified atom stereocenters. The number of hydrogen-bond acceptors (Lipinski definition) is 1. The fourth-order valence-electron chi connectivity index (χ4n) is 8.42. The van der Waals surface area contributed by atoms with Crippen molar-refractivity contribution in [1.29, 1.82) is 0 Å². The molecule has 0 atom stereocenters. The van der Waals surface area contributed by atoms with Crippen LogP contribution in [0.5, 0.6) is 0 Å². The van der Waals surface area contributed by atoms with Crippen molar-refractivity contribution in [2.75, 3.05) is 4.90 Å². The van der Waals surface area contributed by atoms with Gasteiger partial charge in [-0.3, -0.25) is 0 Å². The summed E-state index contributed by atoms with van der Waals surface area (Å²) in [5, 5.41) is 2.50. The molecule has 0 saturated carbocycles. The van der Waals surface area contributed by atoms with Crippen molar-refractivity contribution in [3.63, 3.8) is 0 Å². The van der Waals surface area contributed by atoms with Crippen LogP contribution in [0.4, 0.5) is 11.4 Å². The number of fused-ring (bicyclic) bond motifs is 3. The fraction of sp³-hybridized carbons (Fsp3) is 0.0370. The number of rotatable bonds is 8. The molecule has 8 aromatic carbocycles. The third-order valence-corrected chi connectivity index (χ3v) is 11.0. The highest BCUT2D eigenvalue weighted by Crippen LogP contribution is 2.45. The largest absolute Gasteiger partial charge is 0.314 e. The zero-order valence-corrected chi connectivity index (χ0v) is 31.1. The van der Waals surface area contributed by atoms with Crippen molar-refractivity contribution >= 4 is 33.2 Å². The van der Waals surface area contributed by atoms with Gasteiger partial charge in [0.1, 0.15) is 0 Å². The summed E-state index contributed by atoms with van der Waals surface area (Å²) in [5.74, 6) is 0. The van der Waals surface area contributed by atoms with Gasteiger partial charge < -0.3 is 9.47 Å². The Labute approximate surface area is 328 Å². The van der Waals surface area contributed by atoms with Gasteiger partial charge in [-0.05, 0) is 118 Å². The second kappa shape index (κ2) is 14.6. The number of para-hydroxylation sites is 2. The normalized spacial score (nSPS) is 12.5. The van der Waals surface area contributed by atoms with Gasteiger partial charge in [0, 0.05) is 33.5 Å². The van der Waals surface area contributed by atoms with E-state index in [4.69, 9.17) is 0 Å². The van der Waals surface area contributed by atoms with Gasteiger partial charge in [0.05, 0.1) is 11.0 Å². The molecule has 9 aromatic rings. The molecule has 0 saturated heterocycles. The first-order chi connectivity index (χ1) is 27.8. The summed E-state index contributed by atoms with van der Waals surface area (Å²) in [5.41, 5.74) is 16.9. The van der Waals surface area contributed by atoms with E-state index in [1.807, 2.05) is 0 Å². The number of aromatic nitrogens is 1. The van der Waals surface area contributed by atoms with Crippen LogP contribution in [0.1, 0.15) is 12.8 Å². The smallest absolute Gasteiger partial charge is 0.0547 e. The zero-order valence-electron chi connectivity index (χ0n) is 31.1. The van der Waals surface area contributed by atoms with Crippen molar-refractivity contribution in [2.24, 2.45) is 0 Å². The molecule has 0 spiro atoms. The summed E-state index contributed by atoms with van der Waals surface area (Å²) in [6.07, 6.45) is 8.73. The lowest BCUT2D eigenvalue weighted by molar-refractivity contribution is 0.918. The molecular weight excluding hydrogens is 677 g/mol. The molecule has 1 heterocycles. The SMILES string of the molecule is C1=CCCC(N(c2ccccc2)c2ccc(-c3cccc(-c4ccc5c(c4-c4ccccc4)c4ccc(-c6ccccc6)cc4n5-c4ccccc4)c3)cc2)=C1. The lowest BCUT2D eigenvalue weighted by Crippen LogP contribution is -2.17. The average molecular weight is 717 g/mol. The molecule has 266 valence electrons. The zero-order chi connectivity index (χ0) is 37.3. The van der Waals surface area contributed by atoms with Crippen molar-refractivity contribution in [3.8, 4) is 50.2 Å². The van der Waals surface area contributed by atoms with Crippen molar-refractivity contribution in [2.45, 2.75) is 12.8 Å². The fourth-order valence-corrected chi connectivity index (χ4v) is 8.42. The minimum Gasteiger partial charge on any atom is -0.314 e. The topological polar surface area (TPSA) is 8.17 Å². The van der Waals surface area contributed by atoms with Crippen molar-refractivity contribution < 1.29 is 0 Å². The van der Waals surface area contributed by atoms with Gasteiger partial charge in [-0.15, -0.1) is 0 Å². The summed E-state index contributed by atoms with van der Waals surface area (Å²) in [6.45, 7) is 0. The number of allylic oxidation sites excluding steroid dienone is 4. The number of hydrogen-bond donors (Lipinski definition) is 0. The summed E-state index contributed by atoms with van der Waals surface area (Å²) >= 11 is 0. The van der Waals surface area contributed by atoms with Crippen LogP contribution in [-0.4, -0.2) is 4.57 Å². The first-order valence-electron chi connectivity index (χ1n) is 19.5. The first kappa shape index (κ1) is 33.4. The Morgan fingerprint density at radius 3 is 1.73 bits per heavy atom. The van der Waals surface area contributed by atoms with E-state index in [-0.39, 0.29) is 0 Å². The predicted molar refractivity (Wildman–Crippen MR) is 238 cm³/mol. The van der Waals surface area contributed by atoms with Crippen molar-refractivity contribution in [3.05, 3.63) is 224 Å². The lowest BCUT2D eigenvalue weighted by atomic mass is 9.89. The van der Waals surface area contributed by atoms with Gasteiger partial charge in [-0.1, -0.05) is 158 Å². The highest BCUT2D eigenvalue weighted by Gasteiger charge is 2.21. The molecule has 56 heavy (non-hydrogen) atoms. The number of anilines is 2. The highest BCUT2D eigenvalue weighted by atomic mass is 15.1. The Bertz CT molecular complexity index is 2870. The van der Waals surface area contributed by atoms with E-state index in [1.54, 1.807) is 0 Å². The molecular formula is C54H40N2. The van der Waals surface area contributed by atoms with E-state index in [1.165, 1.54) is 83.4 Å². The van der Waals surface area contributed by atoms with E-state index in [0.717, 1.165) is 18.5 Å². The van der Waals surface area contributed by atoms with Crippen LogP contribution in [0, 0.1) is 0 Å². The van der Waals surface area contributed by atoms with Crippen LogP contribution in [-0.2, 0) is 0 Å². The maximum atomic E-state index is 2.43. The minimum atomic E-state index is 1.02. The second-order valence-electron chi connectivity index (χ2n) is 14.4. The molecule has 10 rings (SSSR count). The number of nitrogens with zero attached hydrogens (tertiary/aromatic N) is 2. The van der Waals surface area contributed by atoms with E-state index in [9.17, 15) is 0 Å². The maximum Gasteiger partial charge on any atom is 0.0547 e. The van der Waals surface area contributed by atoms with Crippen molar-refractivity contribution in [1.82, 2.24) is 4.57 Å². The lowest BCUT2D eigenvalue weighted by Gasteiger charge is -2.29. The standard InChI is InChI=1S/C54H40N2/c1-6-17-39(18-7-1)43-31-34-50-52(38-43)56(47-27-14-5-15-28-47)51-36-35-49(53(54(50)51)41-19-8-2-9-20-41)44-22-16-21-42(37-44)40-29-32-48(33-30-40)55(45-23-10-3-11-24-45)46-25-12-4-13-26-46/h1-12,14-25,27-38H,13,26H2. The molecule has 0 N–H and O–H groups in total. The molecule has 0 aliphatic heterocycles. The second-order valence-corrected chi connectivity index (χ2v) is 14.4. The molecule has 0 amide bonds. The quantitative estimate of drug-likeness (QED) is 0.152. The third-order valence-electron chi connectivity index (χ3n) is 11.0. The molecule has 1 aliphatic rings. The molecule has 1 aromatic heterocycles. The van der Waals surface area contributed by atoms with Gasteiger partial charge in [0.25, 0.3) is 0 Å². The highest BCUT2D eigenvalue weighted by molar-refractivity contribution is 6.19. The van der Waals surface area contributed by atoms with Gasteiger partial charge in [0.15, 0.2) is 0 Å². The van der Waals surface area contributed by atoms with Gasteiger partial charge in [-0.25, -0.2) is 0 Å². The summed E-state index contributed by atoms with van der Waals surface area (Å²) < 4.78 is 2.43. The molecule has 1 aliphatic carbocycles. The maximum absolute atomic E-state index is 2.43. The molecule has 0 bridgehead atoms. The van der Waals surface area contributed by atoms with Crippen LogP contribution in [0.2, 0.25) is 0 Å². The predicted octanol–water partition coefficient (Wildman–Crippen LogP) is 14.8. The Kier molecular flexibility index (Phi) is 8.70. The molecule has 0 radical (unpaired) electrons. The number of benzene rings is 8. The van der Waals surface area contributed by atoms with Gasteiger partial charge in [-0.2, -0.15) is 0 Å². The van der Waals surface area contributed by atoms with Crippen LogP contribution in [0.15, 0.2) is 224 Å². The van der Waals surface area contributed by atoms with E-state index in [0.29, 0.717) is 0 Å². The van der Waals surface area contributed by atoms with Gasteiger partial charge in [0.2, 0.25) is 0 Å². The van der Waals surface area contributed by atoms with E-state index in [2.05, 4.69) is 228 Å². The molecule has 0 fully saturated rings. The molecule has 2 heteroatoms. The van der Waals surface area contributed by atoms with Gasteiger partial charge >= 0.3 is 0 Å². The van der Waals surface area contributed by atoms with Crippen LogP contribution < -0.4 is 4.90 Å². The monoisotopic (exact) mass is 716 g/mol. The minimum absolute atomic E-state index is 1.02. The summed E-state index contributed by atoms with van der Waals surface area (Å²) in [4.78, 5) is 2.39. The van der Waals surface area contributed by atoms with E-state index < -0.39 is 0 Å². The van der Waals surface area contributed by atoms with Crippen LogP contribution in [0.3, 0.4) is 0 Å². The third kappa shape index (κ3) is 6.12. The summed E-state index contributed by atoms with van der Waals surface area (Å²) in [7, 11) is 0. The Balaban J connectivity index is 1.13. The first-order valence-corrected chi connectivity index (χ1v) is 19.5. The average Bonchev–Trinajstić information content (AvgIpc) is 3.62.